The van der Waals surface area contributed by atoms with E-state index in [0.717, 1.165) is 26.2 Å². The molecular formula is C19H25N3O2. The van der Waals surface area contributed by atoms with Crippen LogP contribution in [0.3, 0.4) is 0 Å². The molecular weight excluding hydrogens is 302 g/mol. The van der Waals surface area contributed by atoms with Gasteiger partial charge >= 0.3 is 0 Å². The van der Waals surface area contributed by atoms with E-state index in [1.807, 2.05) is 0 Å². The van der Waals surface area contributed by atoms with Crippen LogP contribution in [0, 0.1) is 6.92 Å². The predicted octanol–water partition coefficient (Wildman–Crippen LogP) is 2.31. The third kappa shape index (κ3) is 4.04. The number of carbonyl (C=O) groups is 1. The second kappa shape index (κ2) is 7.64. The van der Waals surface area contributed by atoms with Crippen LogP contribution in [-0.2, 0) is 0 Å². The van der Waals surface area contributed by atoms with Crippen molar-refractivity contribution >= 4 is 5.91 Å². The summed E-state index contributed by atoms with van der Waals surface area (Å²) in [5.41, 5.74) is 2.49. The molecule has 2 aromatic rings. The molecule has 0 saturated carbocycles. The van der Waals surface area contributed by atoms with Gasteiger partial charge in [0.2, 0.25) is 0 Å². The first kappa shape index (κ1) is 16.7. The molecule has 0 radical (unpaired) electrons. The Labute approximate surface area is 143 Å². The van der Waals surface area contributed by atoms with E-state index in [9.17, 15) is 4.79 Å². The van der Waals surface area contributed by atoms with Crippen LogP contribution in [0.15, 0.2) is 47.1 Å². The van der Waals surface area contributed by atoms with Crippen LogP contribution in [0.1, 0.15) is 27.7 Å². The first-order chi connectivity index (χ1) is 11.6. The normalized spacial score (nSPS) is 17.6. The monoisotopic (exact) mass is 327 g/mol. The highest BCUT2D eigenvalue weighted by Gasteiger charge is 2.24. The number of amides is 1. The number of likely N-dealkylation sites (N-methyl/N-ethyl adjacent to an activating group) is 1. The van der Waals surface area contributed by atoms with E-state index in [0.29, 0.717) is 12.3 Å². The minimum atomic E-state index is -0.161. The minimum absolute atomic E-state index is 0.161. The van der Waals surface area contributed by atoms with Crippen LogP contribution in [0.2, 0.25) is 0 Å². The molecule has 1 aliphatic heterocycles. The fourth-order valence-electron chi connectivity index (χ4n) is 3.06. The summed E-state index contributed by atoms with van der Waals surface area (Å²) in [5.74, 6) is 0.197. The fourth-order valence-corrected chi connectivity index (χ4v) is 3.06. The summed E-state index contributed by atoms with van der Waals surface area (Å²) in [6.45, 7) is 6.78. The molecule has 24 heavy (non-hydrogen) atoms. The van der Waals surface area contributed by atoms with Gasteiger partial charge < -0.3 is 14.6 Å². The number of piperazine rings is 1. The van der Waals surface area contributed by atoms with E-state index >= 15 is 0 Å². The summed E-state index contributed by atoms with van der Waals surface area (Å²) < 4.78 is 5.18. The number of nitrogens with zero attached hydrogens (tertiary/aromatic N) is 2. The Kier molecular flexibility index (Phi) is 5.33. The molecule has 1 atom stereocenters. The van der Waals surface area contributed by atoms with Crippen molar-refractivity contribution in [1.82, 2.24) is 15.1 Å². The van der Waals surface area contributed by atoms with Gasteiger partial charge in [-0.25, -0.2) is 0 Å². The van der Waals surface area contributed by atoms with Gasteiger partial charge in [-0.05, 0) is 31.7 Å². The predicted molar refractivity (Wildman–Crippen MR) is 94.0 cm³/mol. The van der Waals surface area contributed by atoms with E-state index in [1.54, 1.807) is 12.1 Å². The Bertz CT molecular complexity index is 644. The number of nitrogens with one attached hydrogen (secondary N) is 1. The van der Waals surface area contributed by atoms with Gasteiger partial charge in [-0.1, -0.05) is 29.8 Å². The van der Waals surface area contributed by atoms with Crippen LogP contribution in [-0.4, -0.2) is 55.5 Å². The number of aryl methyl sites for hydroxylation is 1. The number of carbonyl (C=O) groups excluding carboxylic acids is 1. The summed E-state index contributed by atoms with van der Waals surface area (Å²) >= 11 is 0. The van der Waals surface area contributed by atoms with Gasteiger partial charge in [0, 0.05) is 32.7 Å². The van der Waals surface area contributed by atoms with E-state index in [1.165, 1.54) is 17.4 Å². The highest BCUT2D eigenvalue weighted by Crippen LogP contribution is 2.22. The molecule has 1 saturated heterocycles. The highest BCUT2D eigenvalue weighted by atomic mass is 16.3. The fraction of sp³-hybridized carbons (Fsp3) is 0.421. The SMILES string of the molecule is Cc1ccc([C@@H](CNC(=O)c2ccco2)N2CCN(C)CC2)cc1. The maximum atomic E-state index is 12.2. The van der Waals surface area contributed by atoms with Crippen LogP contribution in [0.5, 0.6) is 0 Å². The first-order valence-electron chi connectivity index (χ1n) is 8.44. The molecule has 1 aliphatic rings. The van der Waals surface area contributed by atoms with Crippen molar-refractivity contribution < 1.29 is 9.21 Å². The highest BCUT2D eigenvalue weighted by molar-refractivity contribution is 5.91. The maximum absolute atomic E-state index is 12.2. The number of benzene rings is 1. The lowest BCUT2D eigenvalue weighted by atomic mass is 10.0. The zero-order valence-corrected chi connectivity index (χ0v) is 14.4. The minimum Gasteiger partial charge on any atom is -0.459 e. The summed E-state index contributed by atoms with van der Waals surface area (Å²) in [6.07, 6.45) is 1.52. The van der Waals surface area contributed by atoms with Crippen molar-refractivity contribution in [3.8, 4) is 0 Å². The summed E-state index contributed by atoms with van der Waals surface area (Å²) in [7, 11) is 2.15. The summed E-state index contributed by atoms with van der Waals surface area (Å²) in [5, 5.41) is 3.02. The Morgan fingerprint density at radius 1 is 1.17 bits per heavy atom. The van der Waals surface area contributed by atoms with Crippen LogP contribution in [0.25, 0.3) is 0 Å². The van der Waals surface area contributed by atoms with Crippen LogP contribution in [0.4, 0.5) is 0 Å². The van der Waals surface area contributed by atoms with Gasteiger partial charge in [0.1, 0.15) is 0 Å². The number of hydrogen-bond acceptors (Lipinski definition) is 4. The van der Waals surface area contributed by atoms with Crippen molar-refractivity contribution in [2.75, 3.05) is 39.8 Å². The zero-order valence-electron chi connectivity index (χ0n) is 14.4. The van der Waals surface area contributed by atoms with Gasteiger partial charge in [0.05, 0.1) is 12.3 Å². The molecule has 0 spiro atoms. The Morgan fingerprint density at radius 3 is 2.50 bits per heavy atom. The van der Waals surface area contributed by atoms with Crippen molar-refractivity contribution in [3.63, 3.8) is 0 Å². The van der Waals surface area contributed by atoms with E-state index in [2.05, 4.69) is 53.4 Å². The molecule has 1 aromatic heterocycles. The topological polar surface area (TPSA) is 48.7 Å². The number of hydrogen-bond donors (Lipinski definition) is 1. The van der Waals surface area contributed by atoms with Crippen molar-refractivity contribution in [3.05, 3.63) is 59.5 Å². The van der Waals surface area contributed by atoms with Crippen LogP contribution >= 0.6 is 0 Å². The summed E-state index contributed by atoms with van der Waals surface area (Å²) in [6, 6.07) is 12.2. The lowest BCUT2D eigenvalue weighted by Gasteiger charge is -2.38. The number of rotatable bonds is 5. The van der Waals surface area contributed by atoms with Gasteiger partial charge in [-0.15, -0.1) is 0 Å². The Hall–Kier alpha value is -2.11. The Morgan fingerprint density at radius 2 is 1.88 bits per heavy atom. The van der Waals surface area contributed by atoms with Gasteiger partial charge in [0.15, 0.2) is 5.76 Å². The molecule has 1 N–H and O–H groups in total. The van der Waals surface area contributed by atoms with Crippen molar-refractivity contribution in [1.29, 1.82) is 0 Å². The van der Waals surface area contributed by atoms with Crippen LogP contribution < -0.4 is 5.32 Å². The molecule has 5 nitrogen and oxygen atoms in total. The molecule has 0 unspecified atom stereocenters. The molecule has 0 aliphatic carbocycles. The smallest absolute Gasteiger partial charge is 0.287 e. The quantitative estimate of drug-likeness (QED) is 0.915. The zero-order chi connectivity index (χ0) is 16.9. The molecule has 1 aromatic carbocycles. The van der Waals surface area contributed by atoms with Gasteiger partial charge in [0.25, 0.3) is 5.91 Å². The molecule has 2 heterocycles. The van der Waals surface area contributed by atoms with Crippen molar-refractivity contribution in [2.24, 2.45) is 0 Å². The molecule has 5 heteroatoms. The van der Waals surface area contributed by atoms with E-state index in [-0.39, 0.29) is 11.9 Å². The second-order valence-electron chi connectivity index (χ2n) is 6.45. The van der Waals surface area contributed by atoms with Gasteiger partial charge in [-0.3, -0.25) is 9.69 Å². The lowest BCUT2D eigenvalue weighted by molar-refractivity contribution is 0.0863. The molecule has 1 amide bonds. The average Bonchev–Trinajstić information content (AvgIpc) is 3.12. The molecule has 1 fully saturated rings. The first-order valence-corrected chi connectivity index (χ1v) is 8.44. The summed E-state index contributed by atoms with van der Waals surface area (Å²) in [4.78, 5) is 17.0. The number of furan rings is 1. The van der Waals surface area contributed by atoms with Gasteiger partial charge in [-0.2, -0.15) is 0 Å². The third-order valence-corrected chi connectivity index (χ3v) is 4.64. The lowest BCUT2D eigenvalue weighted by Crippen LogP contribution is -2.48. The largest absolute Gasteiger partial charge is 0.459 e. The molecule has 128 valence electrons. The maximum Gasteiger partial charge on any atom is 0.287 e. The molecule has 0 bridgehead atoms. The molecule has 3 rings (SSSR count). The van der Waals surface area contributed by atoms with E-state index in [4.69, 9.17) is 4.42 Å². The van der Waals surface area contributed by atoms with Crippen molar-refractivity contribution in [2.45, 2.75) is 13.0 Å². The standard InChI is InChI=1S/C19H25N3O2/c1-15-5-7-16(8-6-15)17(22-11-9-21(2)10-12-22)14-20-19(23)18-4-3-13-24-18/h3-8,13,17H,9-12,14H2,1-2H3,(H,20,23)/t17-/m1/s1. The average molecular weight is 327 g/mol. The third-order valence-electron chi connectivity index (χ3n) is 4.64. The van der Waals surface area contributed by atoms with E-state index < -0.39 is 0 Å². The second-order valence-corrected chi connectivity index (χ2v) is 6.45. The Balaban J connectivity index is 1.71.